The number of nitrogens with one attached hydrogen (secondary N) is 1. The Bertz CT molecular complexity index is 480. The van der Waals surface area contributed by atoms with Gasteiger partial charge in [-0.1, -0.05) is 0 Å². The van der Waals surface area contributed by atoms with Gasteiger partial charge in [-0.3, -0.25) is 15.1 Å². The Labute approximate surface area is 108 Å². The summed E-state index contributed by atoms with van der Waals surface area (Å²) < 4.78 is 0. The first-order chi connectivity index (χ1) is 8.54. The monoisotopic (exact) mass is 270 g/mol. The minimum atomic E-state index is -0.916. The fraction of sp³-hybridized carbons (Fsp3) is 0.455. The Kier molecular flexibility index (Phi) is 3.74. The van der Waals surface area contributed by atoms with E-state index in [1.54, 1.807) is 6.92 Å². The van der Waals surface area contributed by atoms with Crippen molar-refractivity contribution in [2.45, 2.75) is 24.9 Å². The predicted octanol–water partition coefficient (Wildman–Crippen LogP) is 0.376. The molecule has 1 aliphatic rings. The molecule has 0 aromatic carbocycles. The van der Waals surface area contributed by atoms with Crippen molar-refractivity contribution in [1.82, 2.24) is 10.3 Å². The molecular formula is C11H14N2O4S. The summed E-state index contributed by atoms with van der Waals surface area (Å²) in [7, 11) is 0. The molecule has 1 aliphatic heterocycles. The number of thioether (sulfide) groups is 1. The van der Waals surface area contributed by atoms with E-state index in [4.69, 9.17) is 5.11 Å². The predicted molar refractivity (Wildman–Crippen MR) is 66.3 cm³/mol. The van der Waals surface area contributed by atoms with E-state index in [9.17, 15) is 15.0 Å². The van der Waals surface area contributed by atoms with E-state index in [0.29, 0.717) is 22.6 Å². The fourth-order valence-corrected chi connectivity index (χ4v) is 3.17. The molecule has 2 heterocycles. The van der Waals surface area contributed by atoms with E-state index in [1.807, 2.05) is 0 Å². The molecule has 0 saturated carbocycles. The summed E-state index contributed by atoms with van der Waals surface area (Å²) in [5.74, 6) is -0.482. The van der Waals surface area contributed by atoms with Crippen LogP contribution in [0, 0.1) is 6.92 Å². The molecule has 18 heavy (non-hydrogen) atoms. The van der Waals surface area contributed by atoms with E-state index in [-0.39, 0.29) is 17.7 Å². The number of rotatable bonds is 3. The third-order valence-corrected chi connectivity index (χ3v) is 4.10. The summed E-state index contributed by atoms with van der Waals surface area (Å²) in [5, 5.41) is 30.8. The molecule has 0 amide bonds. The third-order valence-electron chi connectivity index (χ3n) is 2.87. The first-order valence-electron chi connectivity index (χ1n) is 5.43. The van der Waals surface area contributed by atoms with Crippen LogP contribution in [0.5, 0.6) is 5.75 Å². The third kappa shape index (κ3) is 2.29. The quantitative estimate of drug-likeness (QED) is 0.629. The van der Waals surface area contributed by atoms with Crippen molar-refractivity contribution < 1.29 is 20.1 Å². The molecule has 1 aromatic rings. The number of nitrogens with zero attached hydrogens (tertiary/aromatic N) is 1. The van der Waals surface area contributed by atoms with Crippen molar-refractivity contribution in [1.29, 1.82) is 0 Å². The van der Waals surface area contributed by atoms with Crippen molar-refractivity contribution in [3.05, 3.63) is 23.0 Å². The lowest BCUT2D eigenvalue weighted by Gasteiger charge is -2.17. The number of aryl methyl sites for hydroxylation is 1. The maximum absolute atomic E-state index is 10.9. The SMILES string of the molecule is Cc1ncc(CO)c(C2N[C@H](C(=O)O)CS2)c1O. The Balaban J connectivity index is 2.34. The molecule has 0 aliphatic carbocycles. The van der Waals surface area contributed by atoms with Crippen LogP contribution in [0.15, 0.2) is 6.20 Å². The zero-order valence-electron chi connectivity index (χ0n) is 9.75. The maximum atomic E-state index is 10.9. The van der Waals surface area contributed by atoms with Crippen molar-refractivity contribution >= 4 is 17.7 Å². The number of carboxylic acids is 1. The van der Waals surface area contributed by atoms with Gasteiger partial charge >= 0.3 is 5.97 Å². The van der Waals surface area contributed by atoms with Crippen LogP contribution < -0.4 is 5.32 Å². The standard InChI is InChI=1S/C11H14N2O4S/c1-5-9(15)8(6(3-14)2-12-5)10-13-7(4-18-10)11(16)17/h2,7,10,13-15H,3-4H2,1H3,(H,16,17)/t7-,10?/m0/s1. The first-order valence-corrected chi connectivity index (χ1v) is 6.48. The highest BCUT2D eigenvalue weighted by atomic mass is 32.2. The molecule has 2 atom stereocenters. The second-order valence-corrected chi connectivity index (χ2v) is 5.20. The Hall–Kier alpha value is -1.31. The number of aliphatic hydroxyl groups is 1. The average Bonchev–Trinajstić information content (AvgIpc) is 2.81. The first kappa shape index (κ1) is 13.1. The van der Waals surface area contributed by atoms with Gasteiger partial charge in [-0.2, -0.15) is 0 Å². The number of aliphatic carboxylic acids is 1. The lowest BCUT2D eigenvalue weighted by molar-refractivity contribution is -0.138. The molecule has 98 valence electrons. The molecule has 1 aromatic heterocycles. The number of carboxylic acid groups (broad SMARTS) is 1. The maximum Gasteiger partial charge on any atom is 0.321 e. The van der Waals surface area contributed by atoms with Crippen LogP contribution in [0.25, 0.3) is 0 Å². The lowest BCUT2D eigenvalue weighted by Crippen LogP contribution is -2.34. The average molecular weight is 270 g/mol. The van der Waals surface area contributed by atoms with Crippen molar-refractivity contribution in [3.63, 3.8) is 0 Å². The molecule has 1 unspecified atom stereocenters. The minimum Gasteiger partial charge on any atom is -0.506 e. The lowest BCUT2D eigenvalue weighted by atomic mass is 10.1. The van der Waals surface area contributed by atoms with Gasteiger partial charge in [0.05, 0.1) is 17.7 Å². The van der Waals surface area contributed by atoms with Crippen LogP contribution in [-0.2, 0) is 11.4 Å². The van der Waals surface area contributed by atoms with Gasteiger partial charge in [-0.05, 0) is 6.92 Å². The molecule has 1 saturated heterocycles. The van der Waals surface area contributed by atoms with Crippen molar-refractivity contribution in [3.8, 4) is 5.75 Å². The van der Waals surface area contributed by atoms with Gasteiger partial charge in [-0.15, -0.1) is 11.8 Å². The molecule has 0 spiro atoms. The van der Waals surface area contributed by atoms with Crippen LogP contribution in [0.3, 0.4) is 0 Å². The summed E-state index contributed by atoms with van der Waals surface area (Å²) in [6.45, 7) is 1.42. The van der Waals surface area contributed by atoms with Crippen LogP contribution in [-0.4, -0.2) is 38.1 Å². The molecular weight excluding hydrogens is 256 g/mol. The summed E-state index contributed by atoms with van der Waals surface area (Å²) in [6, 6.07) is -0.639. The number of aromatic hydroxyl groups is 1. The van der Waals surface area contributed by atoms with E-state index in [0.717, 1.165) is 0 Å². The van der Waals surface area contributed by atoms with Crippen LogP contribution in [0.1, 0.15) is 22.2 Å². The molecule has 2 rings (SSSR count). The summed E-state index contributed by atoms with van der Waals surface area (Å²) in [5.41, 5.74) is 1.50. The number of aromatic nitrogens is 1. The molecule has 0 radical (unpaired) electrons. The highest BCUT2D eigenvalue weighted by Gasteiger charge is 2.33. The van der Waals surface area contributed by atoms with Gasteiger partial charge in [0, 0.05) is 23.1 Å². The normalized spacial score (nSPS) is 23.2. The summed E-state index contributed by atoms with van der Waals surface area (Å²) >= 11 is 1.39. The van der Waals surface area contributed by atoms with Gasteiger partial charge in [-0.25, -0.2) is 0 Å². The Morgan fingerprint density at radius 3 is 2.94 bits per heavy atom. The fourth-order valence-electron chi connectivity index (χ4n) is 1.85. The topological polar surface area (TPSA) is 103 Å². The summed E-state index contributed by atoms with van der Waals surface area (Å²) in [6.07, 6.45) is 1.50. The van der Waals surface area contributed by atoms with Crippen LogP contribution >= 0.6 is 11.8 Å². The zero-order chi connectivity index (χ0) is 13.3. The molecule has 1 fully saturated rings. The number of carbonyl (C=O) groups is 1. The summed E-state index contributed by atoms with van der Waals surface area (Å²) in [4.78, 5) is 14.9. The molecule has 7 heteroatoms. The van der Waals surface area contributed by atoms with Crippen molar-refractivity contribution in [2.24, 2.45) is 0 Å². The number of hydrogen-bond acceptors (Lipinski definition) is 6. The smallest absolute Gasteiger partial charge is 0.321 e. The zero-order valence-corrected chi connectivity index (χ0v) is 10.6. The highest BCUT2D eigenvalue weighted by Crippen LogP contribution is 2.40. The van der Waals surface area contributed by atoms with E-state index >= 15 is 0 Å². The number of aliphatic hydroxyl groups excluding tert-OH is 1. The van der Waals surface area contributed by atoms with Gasteiger partial charge < -0.3 is 15.3 Å². The van der Waals surface area contributed by atoms with Gasteiger partial charge in [0.2, 0.25) is 0 Å². The number of hydrogen-bond donors (Lipinski definition) is 4. The largest absolute Gasteiger partial charge is 0.506 e. The Morgan fingerprint density at radius 1 is 1.67 bits per heavy atom. The number of pyridine rings is 1. The van der Waals surface area contributed by atoms with Crippen LogP contribution in [0.2, 0.25) is 0 Å². The van der Waals surface area contributed by atoms with Gasteiger partial charge in [0.1, 0.15) is 11.8 Å². The Morgan fingerprint density at radius 2 is 2.39 bits per heavy atom. The van der Waals surface area contributed by atoms with Gasteiger partial charge in [0.25, 0.3) is 0 Å². The highest BCUT2D eigenvalue weighted by molar-refractivity contribution is 7.99. The molecule has 6 nitrogen and oxygen atoms in total. The van der Waals surface area contributed by atoms with Crippen LogP contribution in [0.4, 0.5) is 0 Å². The van der Waals surface area contributed by atoms with Crippen molar-refractivity contribution in [2.75, 3.05) is 5.75 Å². The van der Waals surface area contributed by atoms with E-state index < -0.39 is 12.0 Å². The molecule has 4 N–H and O–H groups in total. The van der Waals surface area contributed by atoms with E-state index in [2.05, 4.69) is 10.3 Å². The van der Waals surface area contributed by atoms with E-state index in [1.165, 1.54) is 18.0 Å². The molecule has 0 bridgehead atoms. The minimum absolute atomic E-state index is 0.0117. The second kappa shape index (κ2) is 5.13. The second-order valence-electron chi connectivity index (χ2n) is 4.06. The van der Waals surface area contributed by atoms with Gasteiger partial charge in [0.15, 0.2) is 0 Å².